The van der Waals surface area contributed by atoms with Crippen LogP contribution in [0.3, 0.4) is 0 Å². The predicted molar refractivity (Wildman–Crippen MR) is 89.4 cm³/mol. The normalized spacial score (nSPS) is 17.9. The van der Waals surface area contributed by atoms with E-state index in [1.165, 1.54) is 24.2 Å². The van der Waals surface area contributed by atoms with Crippen LogP contribution < -0.4 is 0 Å². The highest BCUT2D eigenvalue weighted by Gasteiger charge is 2.36. The van der Waals surface area contributed by atoms with Gasteiger partial charge in [0.15, 0.2) is 0 Å². The minimum atomic E-state index is -4.45. The van der Waals surface area contributed by atoms with E-state index in [0.717, 1.165) is 12.1 Å². The number of alkyl halides is 6. The lowest BCUT2D eigenvalue weighted by atomic mass is 10.0. The first kappa shape index (κ1) is 20.5. The smallest absolute Gasteiger partial charge is 0.342 e. The van der Waals surface area contributed by atoms with E-state index in [4.69, 9.17) is 0 Å². The molecule has 1 atom stereocenters. The fraction of sp³-hybridized carbons (Fsp3) is 0.556. The van der Waals surface area contributed by atoms with Gasteiger partial charge in [-0.15, -0.1) is 0 Å². The van der Waals surface area contributed by atoms with Crippen molar-refractivity contribution in [3.63, 3.8) is 0 Å². The molecule has 10 heteroatoms. The number of rotatable bonds is 3. The SMILES string of the molecule is CC(CC(F)(F)F)C(=O)N1CCC(n2cnc3cc(C(F)(F)F)ccc32)CC1. The van der Waals surface area contributed by atoms with Gasteiger partial charge in [0.05, 0.1) is 29.3 Å². The summed E-state index contributed by atoms with van der Waals surface area (Å²) in [5.74, 6) is -1.66. The van der Waals surface area contributed by atoms with Crippen molar-refractivity contribution in [2.45, 2.75) is 44.6 Å². The first-order chi connectivity index (χ1) is 13.0. The molecule has 1 aliphatic rings. The van der Waals surface area contributed by atoms with Crippen LogP contribution >= 0.6 is 0 Å². The molecule has 0 aliphatic carbocycles. The summed E-state index contributed by atoms with van der Waals surface area (Å²) in [6.45, 7) is 1.86. The Bertz CT molecular complexity index is 849. The largest absolute Gasteiger partial charge is 0.416 e. The average Bonchev–Trinajstić information content (AvgIpc) is 3.02. The summed E-state index contributed by atoms with van der Waals surface area (Å²) < 4.78 is 77.7. The van der Waals surface area contributed by atoms with Crippen LogP contribution in [0, 0.1) is 5.92 Å². The summed E-state index contributed by atoms with van der Waals surface area (Å²) in [6, 6.07) is 3.28. The molecule has 154 valence electrons. The van der Waals surface area contributed by atoms with Crippen molar-refractivity contribution in [1.82, 2.24) is 14.5 Å². The molecule has 1 saturated heterocycles. The predicted octanol–water partition coefficient (Wildman–Crippen LogP) is 4.81. The Morgan fingerprint density at radius 1 is 1.18 bits per heavy atom. The van der Waals surface area contributed by atoms with Gasteiger partial charge >= 0.3 is 12.4 Å². The summed E-state index contributed by atoms with van der Waals surface area (Å²) in [6.07, 6.45) is -7.53. The highest BCUT2D eigenvalue weighted by molar-refractivity contribution is 5.79. The maximum atomic E-state index is 12.8. The van der Waals surface area contributed by atoms with Gasteiger partial charge in [-0.2, -0.15) is 26.3 Å². The summed E-state index contributed by atoms with van der Waals surface area (Å²) in [5.41, 5.74) is 0.0136. The number of aromatic nitrogens is 2. The molecule has 2 aromatic rings. The standard InChI is InChI=1S/C18H19F6N3O/c1-11(9-17(19,20)21)16(28)26-6-4-13(5-7-26)27-10-25-14-8-12(18(22,23)24)2-3-15(14)27/h2-3,8,10-11,13H,4-7,9H2,1H3. The molecule has 1 fully saturated rings. The molecule has 0 bridgehead atoms. The first-order valence-corrected chi connectivity index (χ1v) is 8.85. The highest BCUT2D eigenvalue weighted by atomic mass is 19.4. The van der Waals surface area contributed by atoms with Gasteiger partial charge in [-0.25, -0.2) is 4.98 Å². The van der Waals surface area contributed by atoms with E-state index in [1.54, 1.807) is 4.57 Å². The van der Waals surface area contributed by atoms with Crippen molar-refractivity contribution < 1.29 is 31.1 Å². The second-order valence-corrected chi connectivity index (χ2v) is 7.13. The van der Waals surface area contributed by atoms with Gasteiger partial charge in [-0.3, -0.25) is 4.79 Å². The number of hydrogen-bond acceptors (Lipinski definition) is 2. The lowest BCUT2D eigenvalue weighted by molar-refractivity contribution is -0.158. The van der Waals surface area contributed by atoms with Gasteiger partial charge in [0.1, 0.15) is 0 Å². The number of fused-ring (bicyclic) bond motifs is 1. The van der Waals surface area contributed by atoms with E-state index in [0.29, 0.717) is 31.4 Å². The lowest BCUT2D eigenvalue weighted by Crippen LogP contribution is -2.42. The quantitative estimate of drug-likeness (QED) is 0.685. The van der Waals surface area contributed by atoms with E-state index in [2.05, 4.69) is 4.98 Å². The van der Waals surface area contributed by atoms with Gasteiger partial charge in [0.25, 0.3) is 0 Å². The van der Waals surface area contributed by atoms with Crippen molar-refractivity contribution in [3.05, 3.63) is 30.1 Å². The molecule has 0 N–H and O–H groups in total. The zero-order chi connectivity index (χ0) is 20.7. The van der Waals surface area contributed by atoms with Crippen LogP contribution in [-0.2, 0) is 11.0 Å². The third kappa shape index (κ3) is 4.41. The fourth-order valence-corrected chi connectivity index (χ4v) is 3.61. The van der Waals surface area contributed by atoms with Crippen LogP contribution in [0.5, 0.6) is 0 Å². The van der Waals surface area contributed by atoms with Crippen LogP contribution in [0.2, 0.25) is 0 Å². The fourth-order valence-electron chi connectivity index (χ4n) is 3.61. The van der Waals surface area contributed by atoms with Crippen molar-refractivity contribution in [2.75, 3.05) is 13.1 Å². The summed E-state index contributed by atoms with van der Waals surface area (Å²) in [4.78, 5) is 17.7. The van der Waals surface area contributed by atoms with E-state index in [1.807, 2.05) is 0 Å². The van der Waals surface area contributed by atoms with E-state index in [-0.39, 0.29) is 11.6 Å². The third-order valence-electron chi connectivity index (χ3n) is 5.03. The minimum Gasteiger partial charge on any atom is -0.342 e. The van der Waals surface area contributed by atoms with E-state index in [9.17, 15) is 31.1 Å². The molecular weight excluding hydrogens is 388 g/mol. The molecular formula is C18H19F6N3O. The Balaban J connectivity index is 1.67. The minimum absolute atomic E-state index is 0.0799. The van der Waals surface area contributed by atoms with E-state index >= 15 is 0 Å². The average molecular weight is 407 g/mol. The number of likely N-dealkylation sites (tertiary alicyclic amines) is 1. The van der Waals surface area contributed by atoms with Gasteiger partial charge in [-0.1, -0.05) is 6.92 Å². The molecule has 1 unspecified atom stereocenters. The summed E-state index contributed by atoms with van der Waals surface area (Å²) >= 11 is 0. The lowest BCUT2D eigenvalue weighted by Gasteiger charge is -2.34. The van der Waals surface area contributed by atoms with Gasteiger partial charge in [-0.05, 0) is 31.0 Å². The molecule has 4 nitrogen and oxygen atoms in total. The second-order valence-electron chi connectivity index (χ2n) is 7.13. The van der Waals surface area contributed by atoms with Gasteiger partial charge in [0, 0.05) is 25.0 Å². The molecule has 0 radical (unpaired) electrons. The molecule has 3 rings (SSSR count). The second kappa shape index (κ2) is 7.29. The molecule has 0 spiro atoms. The number of hydrogen-bond donors (Lipinski definition) is 0. The van der Waals surface area contributed by atoms with Crippen molar-refractivity contribution in [3.8, 4) is 0 Å². The van der Waals surface area contributed by atoms with Crippen molar-refractivity contribution in [2.24, 2.45) is 5.92 Å². The maximum absolute atomic E-state index is 12.8. The topological polar surface area (TPSA) is 38.1 Å². The van der Waals surface area contributed by atoms with Crippen molar-refractivity contribution in [1.29, 1.82) is 0 Å². The third-order valence-corrected chi connectivity index (χ3v) is 5.03. The van der Waals surface area contributed by atoms with Crippen molar-refractivity contribution >= 4 is 16.9 Å². The number of amides is 1. The number of benzene rings is 1. The van der Waals surface area contributed by atoms with Gasteiger partial charge in [0.2, 0.25) is 5.91 Å². The Morgan fingerprint density at radius 2 is 1.82 bits per heavy atom. The van der Waals surface area contributed by atoms with Crippen LogP contribution in [-0.4, -0.2) is 39.6 Å². The molecule has 1 amide bonds. The summed E-state index contributed by atoms with van der Waals surface area (Å²) in [5, 5.41) is 0. The Labute approximate surface area is 157 Å². The summed E-state index contributed by atoms with van der Waals surface area (Å²) in [7, 11) is 0. The Kier molecular flexibility index (Phi) is 5.33. The number of halogens is 6. The molecule has 28 heavy (non-hydrogen) atoms. The molecule has 0 saturated carbocycles. The zero-order valence-electron chi connectivity index (χ0n) is 15.0. The first-order valence-electron chi connectivity index (χ1n) is 8.85. The number of imidazole rings is 1. The van der Waals surface area contributed by atoms with Crippen LogP contribution in [0.4, 0.5) is 26.3 Å². The van der Waals surface area contributed by atoms with Crippen LogP contribution in [0.25, 0.3) is 11.0 Å². The number of piperidine rings is 1. The molecule has 1 aromatic heterocycles. The molecule has 2 heterocycles. The Morgan fingerprint density at radius 3 is 2.39 bits per heavy atom. The number of nitrogens with zero attached hydrogens (tertiary/aromatic N) is 3. The van der Waals surface area contributed by atoms with Crippen LogP contribution in [0.1, 0.15) is 37.8 Å². The maximum Gasteiger partial charge on any atom is 0.416 e. The van der Waals surface area contributed by atoms with Crippen LogP contribution in [0.15, 0.2) is 24.5 Å². The number of carbonyl (C=O) groups excluding carboxylic acids is 1. The Hall–Kier alpha value is -2.26. The monoisotopic (exact) mass is 407 g/mol. The highest BCUT2D eigenvalue weighted by Crippen LogP contribution is 2.33. The van der Waals surface area contributed by atoms with E-state index < -0.39 is 36.2 Å². The number of carbonyl (C=O) groups is 1. The van der Waals surface area contributed by atoms with Gasteiger partial charge < -0.3 is 9.47 Å². The molecule has 1 aromatic carbocycles. The zero-order valence-corrected chi connectivity index (χ0v) is 15.0. The molecule has 1 aliphatic heterocycles.